The van der Waals surface area contributed by atoms with Crippen LogP contribution in [0.3, 0.4) is 0 Å². The van der Waals surface area contributed by atoms with E-state index in [9.17, 15) is 18.4 Å². The lowest BCUT2D eigenvalue weighted by Crippen LogP contribution is -2.49. The van der Waals surface area contributed by atoms with Gasteiger partial charge in [-0.15, -0.1) is 0 Å². The number of fused-ring (bicyclic) bond motifs is 2. The van der Waals surface area contributed by atoms with Gasteiger partial charge in [0, 0.05) is 68.5 Å². The van der Waals surface area contributed by atoms with Crippen LogP contribution in [-0.4, -0.2) is 64.1 Å². The Bertz CT molecular complexity index is 1590. The number of imidazole rings is 1. The number of rotatable bonds is 4. The summed E-state index contributed by atoms with van der Waals surface area (Å²) in [5.74, 6) is -1.14. The molecule has 40 heavy (non-hydrogen) atoms. The molecule has 5 heterocycles. The van der Waals surface area contributed by atoms with Crippen molar-refractivity contribution in [3.8, 4) is 0 Å². The van der Waals surface area contributed by atoms with Crippen molar-refractivity contribution in [2.24, 2.45) is 0 Å². The third kappa shape index (κ3) is 4.99. The maximum Gasteiger partial charge on any atom is 0.410 e. The molecule has 1 saturated heterocycles. The van der Waals surface area contributed by atoms with E-state index in [1.807, 2.05) is 35.2 Å². The topological polar surface area (TPSA) is 95.3 Å². The molecule has 0 atom stereocenters. The van der Waals surface area contributed by atoms with Gasteiger partial charge in [-0.3, -0.25) is 4.90 Å². The van der Waals surface area contributed by atoms with Crippen molar-refractivity contribution in [1.29, 1.82) is 0 Å². The van der Waals surface area contributed by atoms with Gasteiger partial charge >= 0.3 is 12.1 Å². The van der Waals surface area contributed by atoms with Crippen molar-refractivity contribution < 1.29 is 23.1 Å². The number of hydrogen-bond acceptors (Lipinski definition) is 6. The van der Waals surface area contributed by atoms with Crippen LogP contribution >= 0.6 is 0 Å². The zero-order valence-corrected chi connectivity index (χ0v) is 21.8. The van der Waals surface area contributed by atoms with Gasteiger partial charge in [-0.25, -0.2) is 23.9 Å². The fourth-order valence-electron chi connectivity index (χ4n) is 5.14. The highest BCUT2D eigenvalue weighted by Crippen LogP contribution is 2.35. The molecule has 0 unspecified atom stereocenters. The second-order valence-corrected chi connectivity index (χ2v) is 9.80. The van der Waals surface area contributed by atoms with Crippen molar-refractivity contribution in [3.05, 3.63) is 83.4 Å². The maximum absolute atomic E-state index is 14.7. The first kappa shape index (κ1) is 25.5. The lowest BCUT2D eigenvalue weighted by molar-refractivity contribution is 0.0942. The van der Waals surface area contributed by atoms with Gasteiger partial charge in [0.1, 0.15) is 18.1 Å². The Hall–Kier alpha value is -4.74. The molecule has 1 aromatic carbocycles. The summed E-state index contributed by atoms with van der Waals surface area (Å²) in [5, 5.41) is 2.58. The quantitative estimate of drug-likeness (QED) is 0.382. The Morgan fingerprint density at radius 1 is 1.00 bits per heavy atom. The number of ether oxygens (including phenoxy) is 1. The van der Waals surface area contributed by atoms with E-state index >= 15 is 0 Å². The molecule has 1 N–H and O–H groups in total. The van der Waals surface area contributed by atoms with Crippen molar-refractivity contribution in [2.75, 3.05) is 47.8 Å². The number of carbonyl (C=O) groups is 2. The largest absolute Gasteiger partial charge is 0.445 e. The Balaban J connectivity index is 1.13. The molecule has 0 aliphatic carbocycles. The van der Waals surface area contributed by atoms with Gasteiger partial charge in [-0.1, -0.05) is 30.3 Å². The highest BCUT2D eigenvalue weighted by molar-refractivity contribution is 6.03. The summed E-state index contributed by atoms with van der Waals surface area (Å²) in [6.07, 6.45) is 3.25. The SMILES string of the molecule is Cc1cn2cc(NC(=O)N3CCc4c(N5CCN(C(=O)OCc6ccccc6)CC5)cc(F)nc43)c(F)cc2n1. The van der Waals surface area contributed by atoms with E-state index in [1.54, 1.807) is 22.4 Å². The van der Waals surface area contributed by atoms with Crippen molar-refractivity contribution >= 4 is 35.0 Å². The van der Waals surface area contributed by atoms with Gasteiger partial charge in [0.2, 0.25) is 5.95 Å². The van der Waals surface area contributed by atoms with Crippen LogP contribution in [-0.2, 0) is 17.8 Å². The highest BCUT2D eigenvalue weighted by Gasteiger charge is 2.33. The second kappa shape index (κ2) is 10.4. The normalized spacial score (nSPS) is 14.9. The van der Waals surface area contributed by atoms with E-state index < -0.39 is 23.9 Å². The molecule has 1 fully saturated rings. The minimum Gasteiger partial charge on any atom is -0.445 e. The van der Waals surface area contributed by atoms with E-state index in [2.05, 4.69) is 15.3 Å². The minimum atomic E-state index is -0.723. The lowest BCUT2D eigenvalue weighted by atomic mass is 10.1. The highest BCUT2D eigenvalue weighted by atomic mass is 19.1. The zero-order chi connectivity index (χ0) is 27.8. The first-order chi connectivity index (χ1) is 19.4. The van der Waals surface area contributed by atoms with Gasteiger partial charge in [-0.05, 0) is 18.9 Å². The summed E-state index contributed by atoms with van der Waals surface area (Å²) in [6, 6.07) is 11.5. The van der Waals surface area contributed by atoms with Crippen molar-refractivity contribution in [2.45, 2.75) is 20.0 Å². The molecular formula is C28H27F2N7O3. The van der Waals surface area contributed by atoms with Gasteiger partial charge in [-0.2, -0.15) is 4.39 Å². The smallest absolute Gasteiger partial charge is 0.410 e. The van der Waals surface area contributed by atoms with E-state index in [0.29, 0.717) is 49.6 Å². The summed E-state index contributed by atoms with van der Waals surface area (Å²) in [6.45, 7) is 4.01. The third-order valence-electron chi connectivity index (χ3n) is 7.12. The molecule has 0 bridgehead atoms. The van der Waals surface area contributed by atoms with Crippen LogP contribution in [0.2, 0.25) is 0 Å². The Labute approximate surface area is 228 Å². The fourth-order valence-corrected chi connectivity index (χ4v) is 5.14. The summed E-state index contributed by atoms with van der Waals surface area (Å²) in [5.41, 5.74) is 3.40. The number of nitrogens with one attached hydrogen (secondary N) is 1. The predicted octanol–water partition coefficient (Wildman–Crippen LogP) is 4.37. The van der Waals surface area contributed by atoms with Crippen LogP contribution in [0.4, 0.5) is 35.6 Å². The number of piperazine rings is 1. The number of carbonyl (C=O) groups excluding carboxylic acids is 2. The number of aromatic nitrogens is 3. The molecule has 2 aliphatic heterocycles. The molecular weight excluding hydrogens is 520 g/mol. The van der Waals surface area contributed by atoms with E-state index in [1.165, 1.54) is 23.2 Å². The monoisotopic (exact) mass is 547 g/mol. The molecule has 0 radical (unpaired) electrons. The van der Waals surface area contributed by atoms with E-state index in [-0.39, 0.29) is 24.7 Å². The zero-order valence-electron chi connectivity index (χ0n) is 21.8. The first-order valence-electron chi connectivity index (χ1n) is 13.0. The molecule has 0 saturated carbocycles. The molecule has 3 amide bonds. The van der Waals surface area contributed by atoms with Crippen LogP contribution in [0.5, 0.6) is 0 Å². The fraction of sp³-hybridized carbons (Fsp3) is 0.286. The van der Waals surface area contributed by atoms with Crippen LogP contribution < -0.4 is 15.1 Å². The summed E-state index contributed by atoms with van der Waals surface area (Å²) in [7, 11) is 0. The molecule has 2 aliphatic rings. The molecule has 12 heteroatoms. The van der Waals surface area contributed by atoms with E-state index in [4.69, 9.17) is 4.74 Å². The number of urea groups is 1. The molecule has 6 rings (SSSR count). The van der Waals surface area contributed by atoms with Crippen molar-refractivity contribution in [3.63, 3.8) is 0 Å². The molecule has 206 valence electrons. The number of benzene rings is 1. The molecule has 0 spiro atoms. The summed E-state index contributed by atoms with van der Waals surface area (Å²) < 4.78 is 36.4. The van der Waals surface area contributed by atoms with Gasteiger partial charge < -0.3 is 24.3 Å². The first-order valence-corrected chi connectivity index (χ1v) is 13.0. The van der Waals surface area contributed by atoms with Crippen molar-refractivity contribution in [1.82, 2.24) is 19.3 Å². The number of amides is 3. The molecule has 10 nitrogen and oxygen atoms in total. The lowest BCUT2D eigenvalue weighted by Gasteiger charge is -2.36. The van der Waals surface area contributed by atoms with Crippen LogP contribution in [0, 0.1) is 18.7 Å². The van der Waals surface area contributed by atoms with Gasteiger partial charge in [0.15, 0.2) is 5.82 Å². The Morgan fingerprint density at radius 2 is 1.77 bits per heavy atom. The minimum absolute atomic E-state index is 0.0183. The summed E-state index contributed by atoms with van der Waals surface area (Å²) >= 11 is 0. The van der Waals surface area contributed by atoms with Crippen LogP contribution in [0.15, 0.2) is 54.9 Å². The standard InChI is InChI=1S/C28H27F2N7O3/c1-18-15-36-16-22(21(29)13-25(36)31-18)32-27(38)37-8-7-20-23(14-24(30)33-26(20)37)34-9-11-35(12-10-34)28(39)40-17-19-5-3-2-4-6-19/h2-6,13-16H,7-12,17H2,1H3,(H,32,38). The Kier molecular flexibility index (Phi) is 6.66. The molecule has 3 aromatic heterocycles. The maximum atomic E-state index is 14.7. The average Bonchev–Trinajstić information content (AvgIpc) is 3.54. The number of pyridine rings is 2. The van der Waals surface area contributed by atoms with E-state index in [0.717, 1.165) is 11.1 Å². The average molecular weight is 548 g/mol. The number of aryl methyl sites for hydroxylation is 1. The van der Waals surface area contributed by atoms with Gasteiger partial charge in [0.25, 0.3) is 0 Å². The number of hydrogen-bond donors (Lipinski definition) is 1. The third-order valence-corrected chi connectivity index (χ3v) is 7.12. The predicted molar refractivity (Wildman–Crippen MR) is 145 cm³/mol. The van der Waals surface area contributed by atoms with Crippen LogP contribution in [0.25, 0.3) is 5.65 Å². The molecule has 4 aromatic rings. The number of halogens is 2. The Morgan fingerprint density at radius 3 is 2.55 bits per heavy atom. The summed E-state index contributed by atoms with van der Waals surface area (Å²) in [4.78, 5) is 38.9. The number of anilines is 3. The second-order valence-electron chi connectivity index (χ2n) is 9.80. The van der Waals surface area contributed by atoms with Gasteiger partial charge in [0.05, 0.1) is 11.4 Å². The van der Waals surface area contributed by atoms with Crippen LogP contribution in [0.1, 0.15) is 16.8 Å². The number of nitrogens with zero attached hydrogens (tertiary/aromatic N) is 6.